The molecule has 19 heavy (non-hydrogen) atoms. The van der Waals surface area contributed by atoms with Crippen LogP contribution >= 0.6 is 11.3 Å². The summed E-state index contributed by atoms with van der Waals surface area (Å²) < 4.78 is 10.9. The summed E-state index contributed by atoms with van der Waals surface area (Å²) in [5, 5.41) is 10.4. The lowest BCUT2D eigenvalue weighted by atomic mass is 10.2. The third-order valence-electron chi connectivity index (χ3n) is 2.52. The summed E-state index contributed by atoms with van der Waals surface area (Å²) >= 11 is 1.59. The van der Waals surface area contributed by atoms with E-state index in [2.05, 4.69) is 4.98 Å². The third-order valence-corrected chi connectivity index (χ3v) is 3.34. The molecule has 0 bridgehead atoms. The predicted molar refractivity (Wildman–Crippen MR) is 75.2 cm³/mol. The number of nitrogen functional groups attached to an aromatic ring is 1. The molecule has 1 aromatic carbocycles. The Kier molecular flexibility index (Phi) is 4.01. The van der Waals surface area contributed by atoms with Crippen LogP contribution in [0.25, 0.3) is 0 Å². The maximum atomic E-state index is 7.39. The summed E-state index contributed by atoms with van der Waals surface area (Å²) in [6.45, 7) is 2.34. The van der Waals surface area contributed by atoms with Crippen LogP contribution in [0, 0.1) is 12.3 Å². The Labute approximate surface area is 115 Å². The molecule has 1 aromatic heterocycles. The number of thiazole rings is 1. The number of hydrogen-bond donors (Lipinski definition) is 2. The number of amidine groups is 1. The highest BCUT2D eigenvalue weighted by Crippen LogP contribution is 2.28. The van der Waals surface area contributed by atoms with Crippen LogP contribution in [-0.4, -0.2) is 17.9 Å². The zero-order valence-electron chi connectivity index (χ0n) is 10.8. The average molecular weight is 277 g/mol. The molecule has 0 spiro atoms. The largest absolute Gasteiger partial charge is 0.493 e. The number of methoxy groups -OCH3 is 1. The fraction of sp³-hybridized carbons (Fsp3) is 0.231. The van der Waals surface area contributed by atoms with Gasteiger partial charge in [0.25, 0.3) is 0 Å². The van der Waals surface area contributed by atoms with Gasteiger partial charge in [-0.15, -0.1) is 11.3 Å². The smallest absolute Gasteiger partial charge is 0.161 e. The Morgan fingerprint density at radius 1 is 1.42 bits per heavy atom. The van der Waals surface area contributed by atoms with Crippen LogP contribution in [0.3, 0.4) is 0 Å². The molecule has 0 atom stereocenters. The van der Waals surface area contributed by atoms with Crippen molar-refractivity contribution in [2.45, 2.75) is 13.5 Å². The van der Waals surface area contributed by atoms with Crippen molar-refractivity contribution >= 4 is 17.2 Å². The lowest BCUT2D eigenvalue weighted by Gasteiger charge is -2.11. The monoisotopic (exact) mass is 277 g/mol. The zero-order chi connectivity index (χ0) is 13.8. The third kappa shape index (κ3) is 3.23. The molecule has 0 saturated carbocycles. The van der Waals surface area contributed by atoms with Crippen molar-refractivity contribution in [3.63, 3.8) is 0 Å². The minimum Gasteiger partial charge on any atom is -0.493 e. The number of hydrogen-bond acceptors (Lipinski definition) is 5. The lowest BCUT2D eigenvalue weighted by Crippen LogP contribution is -2.11. The topological polar surface area (TPSA) is 81.2 Å². The van der Waals surface area contributed by atoms with E-state index in [0.717, 1.165) is 10.7 Å². The quantitative estimate of drug-likeness (QED) is 0.649. The Morgan fingerprint density at radius 2 is 2.21 bits per heavy atom. The van der Waals surface area contributed by atoms with Gasteiger partial charge < -0.3 is 15.2 Å². The highest BCUT2D eigenvalue weighted by molar-refractivity contribution is 7.09. The molecule has 3 N–H and O–H groups in total. The first-order valence-electron chi connectivity index (χ1n) is 5.66. The maximum Gasteiger partial charge on any atom is 0.161 e. The minimum absolute atomic E-state index is 0.0000222. The van der Waals surface area contributed by atoms with Gasteiger partial charge in [0.05, 0.1) is 17.8 Å². The average Bonchev–Trinajstić information content (AvgIpc) is 2.81. The van der Waals surface area contributed by atoms with Crippen molar-refractivity contribution < 1.29 is 9.47 Å². The Balaban J connectivity index is 2.13. The fourth-order valence-electron chi connectivity index (χ4n) is 1.58. The van der Waals surface area contributed by atoms with Crippen LogP contribution in [-0.2, 0) is 6.61 Å². The van der Waals surface area contributed by atoms with Gasteiger partial charge in [-0.1, -0.05) is 0 Å². The Morgan fingerprint density at radius 3 is 2.79 bits per heavy atom. The van der Waals surface area contributed by atoms with Gasteiger partial charge in [0, 0.05) is 10.9 Å². The van der Waals surface area contributed by atoms with Crippen LogP contribution in [0.2, 0.25) is 0 Å². The zero-order valence-corrected chi connectivity index (χ0v) is 11.6. The molecule has 0 amide bonds. The standard InChI is InChI=1S/C13H15N3O2S/c1-8-16-10(7-19-8)6-18-11-4-3-9(13(14)15)5-12(11)17-2/h3-5,7H,6H2,1-2H3,(H3,14,15). The van der Waals surface area contributed by atoms with E-state index in [1.807, 2.05) is 12.3 Å². The van der Waals surface area contributed by atoms with Crippen molar-refractivity contribution in [1.29, 1.82) is 5.41 Å². The lowest BCUT2D eigenvalue weighted by molar-refractivity contribution is 0.281. The molecule has 0 saturated heterocycles. The second-order valence-corrected chi connectivity index (χ2v) is 4.99. The van der Waals surface area contributed by atoms with E-state index in [4.69, 9.17) is 20.6 Å². The van der Waals surface area contributed by atoms with E-state index < -0.39 is 0 Å². The van der Waals surface area contributed by atoms with Crippen LogP contribution in [0.4, 0.5) is 0 Å². The van der Waals surface area contributed by atoms with Crippen LogP contribution in [0.1, 0.15) is 16.3 Å². The van der Waals surface area contributed by atoms with Crippen molar-refractivity contribution in [2.75, 3.05) is 7.11 Å². The SMILES string of the molecule is COc1cc(C(=N)N)ccc1OCc1csc(C)n1. The number of ether oxygens (including phenoxy) is 2. The number of rotatable bonds is 5. The summed E-state index contributed by atoms with van der Waals surface area (Å²) in [5.74, 6) is 1.16. The summed E-state index contributed by atoms with van der Waals surface area (Å²) in [5.41, 5.74) is 6.93. The molecule has 100 valence electrons. The molecule has 0 radical (unpaired) electrons. The first-order valence-corrected chi connectivity index (χ1v) is 6.54. The molecule has 2 aromatic rings. The Hall–Kier alpha value is -2.08. The first-order chi connectivity index (χ1) is 9.10. The van der Waals surface area contributed by atoms with Gasteiger partial charge in [0.15, 0.2) is 11.5 Å². The summed E-state index contributed by atoms with van der Waals surface area (Å²) in [4.78, 5) is 4.33. The molecule has 1 heterocycles. The Bertz CT molecular complexity index is 595. The number of nitrogens with two attached hydrogens (primary N) is 1. The van der Waals surface area contributed by atoms with Gasteiger partial charge in [-0.2, -0.15) is 0 Å². The van der Waals surface area contributed by atoms with Crippen LogP contribution < -0.4 is 15.2 Å². The van der Waals surface area contributed by atoms with Gasteiger partial charge in [-0.05, 0) is 25.1 Å². The fourth-order valence-corrected chi connectivity index (χ4v) is 2.18. The molecule has 6 heteroatoms. The molecule has 0 aliphatic carbocycles. The van der Waals surface area contributed by atoms with E-state index in [9.17, 15) is 0 Å². The molecule has 5 nitrogen and oxygen atoms in total. The van der Waals surface area contributed by atoms with Crippen molar-refractivity contribution in [1.82, 2.24) is 4.98 Å². The van der Waals surface area contributed by atoms with Crippen molar-refractivity contribution in [2.24, 2.45) is 5.73 Å². The molecule has 2 rings (SSSR count). The van der Waals surface area contributed by atoms with Gasteiger partial charge >= 0.3 is 0 Å². The van der Waals surface area contributed by atoms with Gasteiger partial charge in [0.2, 0.25) is 0 Å². The van der Waals surface area contributed by atoms with Crippen molar-refractivity contribution in [3.8, 4) is 11.5 Å². The van der Waals surface area contributed by atoms with E-state index in [1.165, 1.54) is 0 Å². The van der Waals surface area contributed by atoms with Crippen LogP contribution in [0.5, 0.6) is 11.5 Å². The van der Waals surface area contributed by atoms with Crippen LogP contribution in [0.15, 0.2) is 23.6 Å². The van der Waals surface area contributed by atoms with E-state index in [-0.39, 0.29) is 5.84 Å². The van der Waals surface area contributed by atoms with E-state index >= 15 is 0 Å². The van der Waals surface area contributed by atoms with Gasteiger partial charge in [-0.3, -0.25) is 5.41 Å². The second kappa shape index (κ2) is 5.71. The molecule has 0 fully saturated rings. The molecular weight excluding hydrogens is 262 g/mol. The second-order valence-electron chi connectivity index (χ2n) is 3.93. The molecular formula is C13H15N3O2S. The first kappa shape index (κ1) is 13.4. The van der Waals surface area contributed by atoms with E-state index in [0.29, 0.717) is 23.7 Å². The normalized spacial score (nSPS) is 10.2. The molecule has 0 unspecified atom stereocenters. The number of nitrogens with one attached hydrogen (secondary N) is 1. The molecule has 0 aliphatic rings. The number of aryl methyl sites for hydroxylation is 1. The summed E-state index contributed by atoms with van der Waals surface area (Å²) in [7, 11) is 1.55. The summed E-state index contributed by atoms with van der Waals surface area (Å²) in [6.07, 6.45) is 0. The highest BCUT2D eigenvalue weighted by atomic mass is 32.1. The number of nitrogens with zero attached hydrogens (tertiary/aromatic N) is 1. The number of benzene rings is 1. The predicted octanol–water partition coefficient (Wildman–Crippen LogP) is 2.32. The highest BCUT2D eigenvalue weighted by Gasteiger charge is 2.08. The van der Waals surface area contributed by atoms with Gasteiger partial charge in [0.1, 0.15) is 12.4 Å². The summed E-state index contributed by atoms with van der Waals surface area (Å²) in [6, 6.07) is 5.16. The maximum absolute atomic E-state index is 7.39. The van der Waals surface area contributed by atoms with E-state index in [1.54, 1.807) is 36.6 Å². The van der Waals surface area contributed by atoms with Gasteiger partial charge in [-0.25, -0.2) is 4.98 Å². The minimum atomic E-state index is -0.0000222. The molecule has 0 aliphatic heterocycles. The van der Waals surface area contributed by atoms with Crippen molar-refractivity contribution in [3.05, 3.63) is 39.8 Å². The number of aromatic nitrogens is 1.